The third-order valence-corrected chi connectivity index (χ3v) is 4.43. The van der Waals surface area contributed by atoms with Crippen LogP contribution in [-0.2, 0) is 13.8 Å². The molecular weight excluding hydrogens is 403 g/mol. The van der Waals surface area contributed by atoms with Crippen molar-refractivity contribution in [2.24, 2.45) is 0 Å². The third kappa shape index (κ3) is 4.48. The summed E-state index contributed by atoms with van der Waals surface area (Å²) < 4.78 is 23.2. The van der Waals surface area contributed by atoms with E-state index in [1.165, 1.54) is 17.2 Å². The molecule has 3 aromatic heterocycles. The smallest absolute Gasteiger partial charge is 0.790 e. The maximum atomic E-state index is 10.6. The molecule has 0 radical (unpaired) electrons. The summed E-state index contributed by atoms with van der Waals surface area (Å²) in [5, 5.41) is 20.2. The van der Waals surface area contributed by atoms with E-state index in [0.29, 0.717) is 16.8 Å². The van der Waals surface area contributed by atoms with Crippen LogP contribution in [0.1, 0.15) is 6.23 Å². The molecule has 4 heterocycles. The quantitative estimate of drug-likeness (QED) is 0.308. The molecule has 27 heavy (non-hydrogen) atoms. The normalized spacial score (nSPS) is 25.5. The molecule has 0 aliphatic carbocycles. The van der Waals surface area contributed by atoms with Crippen LogP contribution in [0.15, 0.2) is 25.0 Å². The first-order valence-corrected chi connectivity index (χ1v) is 8.63. The van der Waals surface area contributed by atoms with Gasteiger partial charge in [0, 0.05) is 12.4 Å². The Labute approximate surface area is 196 Å². The maximum Gasteiger partial charge on any atom is 1.00 e. The van der Waals surface area contributed by atoms with Gasteiger partial charge in [-0.2, -0.15) is 0 Å². The predicted molar refractivity (Wildman–Crippen MR) is 75.8 cm³/mol. The molecule has 0 bridgehead atoms. The van der Waals surface area contributed by atoms with Gasteiger partial charge in [0.1, 0.15) is 24.6 Å². The molecule has 15 heteroatoms. The number of imidazole rings is 2. The predicted octanol–water partition coefficient (Wildman–Crippen LogP) is -8.45. The van der Waals surface area contributed by atoms with Crippen LogP contribution in [0.4, 0.5) is 0 Å². The van der Waals surface area contributed by atoms with Gasteiger partial charge in [0.15, 0.2) is 23.0 Å². The number of ether oxygens (including phenoxy) is 1. The first kappa shape index (κ1) is 23.4. The Morgan fingerprint density at radius 1 is 1.15 bits per heavy atom. The van der Waals surface area contributed by atoms with Gasteiger partial charge < -0.3 is 33.8 Å². The largest absolute Gasteiger partial charge is 1.00 e. The molecule has 1 saturated heterocycles. The summed E-state index contributed by atoms with van der Waals surface area (Å²) >= 11 is 0. The van der Waals surface area contributed by atoms with E-state index in [1.54, 1.807) is 16.8 Å². The molecule has 0 amide bonds. The molecule has 134 valence electrons. The Kier molecular flexibility index (Phi) is 7.65. The van der Waals surface area contributed by atoms with E-state index in [1.807, 2.05) is 0 Å². The van der Waals surface area contributed by atoms with Crippen molar-refractivity contribution < 1.29 is 92.9 Å². The minimum absolute atomic E-state index is 0. The van der Waals surface area contributed by atoms with E-state index in [4.69, 9.17) is 4.74 Å². The number of hydrogen-bond acceptors (Lipinski definition) is 10. The van der Waals surface area contributed by atoms with Gasteiger partial charge in [0.05, 0.1) is 20.8 Å². The Hall–Kier alpha value is 0.0800. The molecule has 4 rings (SSSR count). The van der Waals surface area contributed by atoms with Gasteiger partial charge in [0.25, 0.3) is 0 Å². The fraction of sp³-hybridized carbons (Fsp3) is 0.417. The van der Waals surface area contributed by atoms with Crippen molar-refractivity contribution in [3.8, 4) is 0 Å². The number of phosphoric ester groups is 1. The number of rotatable bonds is 4. The number of aliphatic hydroxyl groups excluding tert-OH is 2. The third-order valence-electron chi connectivity index (χ3n) is 3.96. The molecule has 12 nitrogen and oxygen atoms in total. The van der Waals surface area contributed by atoms with E-state index in [-0.39, 0.29) is 59.1 Å². The Bertz CT molecular complexity index is 978. The van der Waals surface area contributed by atoms with Crippen LogP contribution in [0.25, 0.3) is 16.8 Å². The molecule has 4 atom stereocenters. The van der Waals surface area contributed by atoms with Gasteiger partial charge in [-0.05, 0) is 0 Å². The number of fused-ring (bicyclic) bond motifs is 3. The number of aliphatic hydroxyl groups is 2. The van der Waals surface area contributed by atoms with E-state index in [2.05, 4.69) is 19.5 Å². The average Bonchev–Trinajstić information content (AvgIpc) is 3.23. The zero-order chi connectivity index (χ0) is 17.8. The van der Waals surface area contributed by atoms with Crippen molar-refractivity contribution >= 4 is 24.6 Å². The number of nitrogens with zero attached hydrogens (tertiary/aromatic N) is 5. The second-order valence-corrected chi connectivity index (χ2v) is 6.67. The summed E-state index contributed by atoms with van der Waals surface area (Å²) in [6.07, 6.45) is 1.00. The summed E-state index contributed by atoms with van der Waals surface area (Å²) in [7, 11) is -5.22. The number of aromatic nitrogens is 5. The molecule has 0 spiro atoms. The Balaban J connectivity index is 0.00000131. The van der Waals surface area contributed by atoms with Gasteiger partial charge in [0.2, 0.25) is 0 Å². The number of hydrogen-bond donors (Lipinski definition) is 2. The summed E-state index contributed by atoms with van der Waals surface area (Å²) in [5.74, 6) is 0. The average molecular weight is 415 g/mol. The van der Waals surface area contributed by atoms with E-state index >= 15 is 0 Å². The van der Waals surface area contributed by atoms with Gasteiger partial charge >= 0.3 is 59.1 Å². The summed E-state index contributed by atoms with van der Waals surface area (Å²) in [5.41, 5.74) is 1.37. The van der Waals surface area contributed by atoms with Crippen LogP contribution in [0.5, 0.6) is 0 Å². The van der Waals surface area contributed by atoms with Crippen molar-refractivity contribution in [2.75, 3.05) is 6.61 Å². The zero-order valence-corrected chi connectivity index (χ0v) is 19.3. The van der Waals surface area contributed by atoms with E-state index < -0.39 is 39.0 Å². The van der Waals surface area contributed by atoms with Crippen LogP contribution in [0.3, 0.4) is 0 Å². The maximum absolute atomic E-state index is 10.6. The summed E-state index contributed by atoms with van der Waals surface area (Å²) in [6, 6.07) is 0. The second-order valence-electron chi connectivity index (χ2n) is 5.52. The first-order chi connectivity index (χ1) is 11.8. The van der Waals surface area contributed by atoms with E-state index in [0.717, 1.165) is 0 Å². The fourth-order valence-electron chi connectivity index (χ4n) is 2.79. The van der Waals surface area contributed by atoms with Gasteiger partial charge in [-0.1, -0.05) is 0 Å². The molecule has 0 saturated carbocycles. The van der Waals surface area contributed by atoms with Crippen LogP contribution in [0, 0.1) is 0 Å². The Morgan fingerprint density at radius 3 is 2.59 bits per heavy atom. The monoisotopic (exact) mass is 415 g/mol. The summed E-state index contributed by atoms with van der Waals surface area (Å²) in [4.78, 5) is 33.8. The molecule has 4 unspecified atom stereocenters. The van der Waals surface area contributed by atoms with Crippen molar-refractivity contribution in [1.29, 1.82) is 0 Å². The van der Waals surface area contributed by atoms with Gasteiger partial charge in [-0.3, -0.25) is 8.97 Å². The fourth-order valence-corrected chi connectivity index (χ4v) is 3.12. The van der Waals surface area contributed by atoms with Crippen molar-refractivity contribution in [3.63, 3.8) is 0 Å². The second kappa shape index (κ2) is 8.84. The molecule has 1 fully saturated rings. The minimum Gasteiger partial charge on any atom is -0.790 e. The Morgan fingerprint density at radius 2 is 1.89 bits per heavy atom. The molecular formula is C12H12N5Na2O7P. The molecule has 1 aliphatic rings. The summed E-state index contributed by atoms with van der Waals surface area (Å²) in [6.45, 7) is -0.705. The molecule has 2 N–H and O–H groups in total. The van der Waals surface area contributed by atoms with Crippen LogP contribution < -0.4 is 68.9 Å². The topological polar surface area (TPSA) is 170 Å². The standard InChI is InChI=1S/C12H14N5O7P.2Na/c18-8-6(3-23-25(20,21)22)24-12(9(8)19)17-5-14-7-10-13-1-2-16(10)4-15-11(7)17;;/h1-2,4-6,8-9,12,18-19H,3H2,(H2,20,21,22);;/q;2*+1/p-2. The van der Waals surface area contributed by atoms with Gasteiger partial charge in [-0.25, -0.2) is 15.0 Å². The first-order valence-electron chi connectivity index (χ1n) is 7.17. The zero-order valence-electron chi connectivity index (χ0n) is 14.4. The van der Waals surface area contributed by atoms with Crippen LogP contribution >= 0.6 is 7.82 Å². The van der Waals surface area contributed by atoms with Crippen molar-refractivity contribution in [3.05, 3.63) is 25.0 Å². The minimum atomic E-state index is -5.22. The van der Waals surface area contributed by atoms with Crippen molar-refractivity contribution in [1.82, 2.24) is 23.9 Å². The van der Waals surface area contributed by atoms with Crippen LogP contribution in [0.2, 0.25) is 0 Å². The van der Waals surface area contributed by atoms with Gasteiger partial charge in [-0.15, -0.1) is 0 Å². The molecule has 1 aliphatic heterocycles. The number of phosphoric acid groups is 1. The molecule has 0 aromatic carbocycles. The van der Waals surface area contributed by atoms with E-state index in [9.17, 15) is 24.6 Å². The van der Waals surface area contributed by atoms with Crippen molar-refractivity contribution in [2.45, 2.75) is 24.5 Å². The SMILES string of the molecule is O=P([O-])([O-])OCC1OC(n2cnc3c2ncn2ccnc32)C(O)C1O.[Na+].[Na+]. The van der Waals surface area contributed by atoms with Crippen LogP contribution in [-0.4, -0.2) is 59.1 Å². The molecule has 3 aromatic rings.